The van der Waals surface area contributed by atoms with Gasteiger partial charge in [0.05, 0.1) is 0 Å². The highest BCUT2D eigenvalue weighted by atomic mass is 35.5. The molecule has 1 aromatic rings. The summed E-state index contributed by atoms with van der Waals surface area (Å²) in [7, 11) is 0. The van der Waals surface area contributed by atoms with Crippen LogP contribution < -0.4 is 10.5 Å². The van der Waals surface area contributed by atoms with Crippen molar-refractivity contribution in [2.75, 3.05) is 0 Å². The van der Waals surface area contributed by atoms with Crippen LogP contribution in [-0.4, -0.2) is 11.1 Å². The van der Waals surface area contributed by atoms with E-state index in [9.17, 15) is 18.0 Å². The number of aromatic nitrogens is 1. The summed E-state index contributed by atoms with van der Waals surface area (Å²) in [5, 5.41) is -0.443. The van der Waals surface area contributed by atoms with Gasteiger partial charge in [0, 0.05) is 12.1 Å². The first-order valence-electron chi connectivity index (χ1n) is 3.51. The van der Waals surface area contributed by atoms with E-state index in [0.717, 1.165) is 6.07 Å². The van der Waals surface area contributed by atoms with Gasteiger partial charge in [-0.05, 0) is 0 Å². The Hall–Kier alpha value is -1.50. The van der Waals surface area contributed by atoms with E-state index in [-0.39, 0.29) is 0 Å². The van der Waals surface area contributed by atoms with Gasteiger partial charge in [0.1, 0.15) is 16.6 Å². The molecule has 1 aromatic heterocycles. The maximum Gasteiger partial charge on any atom is 0.433 e. The first kappa shape index (κ1) is 11.6. The normalized spacial score (nSPS) is 11.2. The predicted octanol–water partition coefficient (Wildman–Crippen LogP) is 2.21. The Labute approximate surface area is 86.8 Å². The van der Waals surface area contributed by atoms with Crippen molar-refractivity contribution in [2.24, 2.45) is 5.73 Å². The third-order valence-corrected chi connectivity index (χ3v) is 1.47. The van der Waals surface area contributed by atoms with Gasteiger partial charge in [-0.3, -0.25) is 0 Å². The fourth-order valence-corrected chi connectivity index (χ4v) is 0.992. The first-order valence-corrected chi connectivity index (χ1v) is 3.89. The van der Waals surface area contributed by atoms with Crippen LogP contribution in [0.5, 0.6) is 5.75 Å². The third kappa shape index (κ3) is 3.28. The molecule has 1 rings (SSSR count). The van der Waals surface area contributed by atoms with Crippen molar-refractivity contribution in [3.8, 4) is 5.75 Å². The molecule has 0 saturated carbocycles. The van der Waals surface area contributed by atoms with Crippen LogP contribution >= 0.6 is 11.6 Å². The number of ether oxygens (including phenoxy) is 1. The molecule has 2 N–H and O–H groups in total. The predicted molar refractivity (Wildman–Crippen MR) is 44.5 cm³/mol. The summed E-state index contributed by atoms with van der Waals surface area (Å²) in [6.45, 7) is 0. The number of nitrogens with zero attached hydrogens (tertiary/aromatic N) is 1. The Bertz CT molecular complexity index is 394. The van der Waals surface area contributed by atoms with Crippen molar-refractivity contribution in [1.29, 1.82) is 0 Å². The number of nitrogens with two attached hydrogens (primary N) is 1. The van der Waals surface area contributed by atoms with Crippen LogP contribution in [0.15, 0.2) is 12.1 Å². The highest BCUT2D eigenvalue weighted by molar-refractivity contribution is 6.29. The molecule has 0 atom stereocenters. The molecule has 8 heteroatoms. The summed E-state index contributed by atoms with van der Waals surface area (Å²) in [6, 6.07) is 1.47. The number of hydrogen-bond acceptors (Lipinski definition) is 3. The van der Waals surface area contributed by atoms with E-state index in [0.29, 0.717) is 6.07 Å². The average Bonchev–Trinajstić information content (AvgIpc) is 1.99. The fourth-order valence-electron chi connectivity index (χ4n) is 0.794. The molecule has 0 unspecified atom stereocenters. The van der Waals surface area contributed by atoms with Gasteiger partial charge in [-0.15, -0.1) is 0 Å². The summed E-state index contributed by atoms with van der Waals surface area (Å²) in [6.07, 6.45) is -5.90. The van der Waals surface area contributed by atoms with Crippen LogP contribution in [0.4, 0.5) is 18.0 Å². The van der Waals surface area contributed by atoms with Crippen LogP contribution in [-0.2, 0) is 6.18 Å². The zero-order chi connectivity index (χ0) is 11.6. The van der Waals surface area contributed by atoms with Gasteiger partial charge in [-0.1, -0.05) is 11.6 Å². The third-order valence-electron chi connectivity index (χ3n) is 1.28. The van der Waals surface area contributed by atoms with E-state index in [1.165, 1.54) is 0 Å². The molecular weight excluding hydrogens is 237 g/mol. The number of halogens is 4. The molecule has 0 aliphatic rings. The molecule has 82 valence electrons. The van der Waals surface area contributed by atoms with Gasteiger partial charge in [-0.25, -0.2) is 9.78 Å². The van der Waals surface area contributed by atoms with Gasteiger partial charge in [-0.2, -0.15) is 13.2 Å². The van der Waals surface area contributed by atoms with Crippen molar-refractivity contribution in [2.45, 2.75) is 6.18 Å². The largest absolute Gasteiger partial charge is 0.433 e. The van der Waals surface area contributed by atoms with Crippen LogP contribution in [0.2, 0.25) is 5.15 Å². The molecule has 1 heterocycles. The molecule has 0 saturated heterocycles. The van der Waals surface area contributed by atoms with Gasteiger partial charge in [0.15, 0.2) is 0 Å². The minimum Gasteiger partial charge on any atom is -0.410 e. The lowest BCUT2D eigenvalue weighted by molar-refractivity contribution is -0.141. The van der Waals surface area contributed by atoms with E-state index in [2.05, 4.69) is 15.5 Å². The molecule has 0 aliphatic heterocycles. The number of hydrogen-bond donors (Lipinski definition) is 1. The molecule has 0 radical (unpaired) electrons. The van der Waals surface area contributed by atoms with Crippen molar-refractivity contribution in [1.82, 2.24) is 4.98 Å². The maximum atomic E-state index is 12.2. The Kier molecular flexibility index (Phi) is 3.04. The Balaban J connectivity index is 3.11. The molecule has 0 spiro atoms. The van der Waals surface area contributed by atoms with Gasteiger partial charge in [0.25, 0.3) is 0 Å². The quantitative estimate of drug-likeness (QED) is 0.766. The number of alkyl halides is 3. The Morgan fingerprint density at radius 1 is 1.47 bits per heavy atom. The lowest BCUT2D eigenvalue weighted by Gasteiger charge is -2.07. The lowest BCUT2D eigenvalue weighted by atomic mass is 10.3. The first-order chi connectivity index (χ1) is 6.79. The molecule has 0 aromatic carbocycles. The second-order valence-electron chi connectivity index (χ2n) is 2.43. The Morgan fingerprint density at radius 3 is 2.53 bits per heavy atom. The minimum absolute atomic E-state index is 0.408. The SMILES string of the molecule is NC(=O)Oc1cc(Cl)nc(C(F)(F)F)c1. The van der Waals surface area contributed by atoms with Crippen LogP contribution in [0.25, 0.3) is 0 Å². The minimum atomic E-state index is -4.67. The monoisotopic (exact) mass is 240 g/mol. The lowest BCUT2D eigenvalue weighted by Crippen LogP contribution is -2.17. The number of amides is 1. The van der Waals surface area contributed by atoms with Crippen molar-refractivity contribution < 1.29 is 22.7 Å². The van der Waals surface area contributed by atoms with Crippen molar-refractivity contribution >= 4 is 17.7 Å². The topological polar surface area (TPSA) is 65.2 Å². The molecule has 1 amide bonds. The highest BCUT2D eigenvalue weighted by Crippen LogP contribution is 2.31. The van der Waals surface area contributed by atoms with E-state index < -0.39 is 28.9 Å². The van der Waals surface area contributed by atoms with E-state index in [4.69, 9.17) is 11.6 Å². The second kappa shape index (κ2) is 3.93. The molecular formula is C7H4ClF3N2O2. The number of pyridine rings is 1. The molecule has 0 bridgehead atoms. The highest BCUT2D eigenvalue weighted by Gasteiger charge is 2.33. The van der Waals surface area contributed by atoms with E-state index in [1.54, 1.807) is 0 Å². The molecule has 0 aliphatic carbocycles. The average molecular weight is 241 g/mol. The number of rotatable bonds is 1. The molecule has 4 nitrogen and oxygen atoms in total. The van der Waals surface area contributed by atoms with Gasteiger partial charge >= 0.3 is 12.3 Å². The summed E-state index contributed by atoms with van der Waals surface area (Å²) in [5.41, 5.74) is 3.37. The number of carbonyl (C=O) groups is 1. The maximum absolute atomic E-state index is 12.2. The standard InChI is InChI=1S/C7H4ClF3N2O2/c8-5-2-3(15-6(12)14)1-4(13-5)7(9,10)11/h1-2H,(H2,12,14). The summed E-state index contributed by atoms with van der Waals surface area (Å²) < 4.78 is 40.8. The van der Waals surface area contributed by atoms with Crippen LogP contribution in [0.1, 0.15) is 5.69 Å². The Morgan fingerprint density at radius 2 is 2.07 bits per heavy atom. The zero-order valence-corrected chi connectivity index (χ0v) is 7.76. The molecule has 0 fully saturated rings. The number of primary amides is 1. The summed E-state index contributed by atoms with van der Waals surface area (Å²) in [5.74, 6) is -0.408. The van der Waals surface area contributed by atoms with Crippen molar-refractivity contribution in [3.63, 3.8) is 0 Å². The van der Waals surface area contributed by atoms with Crippen LogP contribution in [0.3, 0.4) is 0 Å². The van der Waals surface area contributed by atoms with Crippen molar-refractivity contribution in [3.05, 3.63) is 23.0 Å². The molecule has 15 heavy (non-hydrogen) atoms. The van der Waals surface area contributed by atoms with Gasteiger partial charge in [0.2, 0.25) is 0 Å². The summed E-state index contributed by atoms with van der Waals surface area (Å²) in [4.78, 5) is 13.3. The van der Waals surface area contributed by atoms with Gasteiger partial charge < -0.3 is 10.5 Å². The van der Waals surface area contributed by atoms with E-state index >= 15 is 0 Å². The second-order valence-corrected chi connectivity index (χ2v) is 2.82. The zero-order valence-electron chi connectivity index (χ0n) is 7.01. The number of carbonyl (C=O) groups excluding carboxylic acids is 1. The van der Waals surface area contributed by atoms with E-state index in [1.807, 2.05) is 0 Å². The smallest absolute Gasteiger partial charge is 0.410 e. The fraction of sp³-hybridized carbons (Fsp3) is 0.143. The van der Waals surface area contributed by atoms with Crippen LogP contribution in [0, 0.1) is 0 Å². The summed E-state index contributed by atoms with van der Waals surface area (Å²) >= 11 is 5.30.